The molecule has 1 N–H and O–H groups in total. The second-order valence-electron chi connectivity index (χ2n) is 5.04. The van der Waals surface area contributed by atoms with Crippen LogP contribution in [-0.4, -0.2) is 18.8 Å². The molecular weight excluding hydrogens is 281 g/mol. The Kier molecular flexibility index (Phi) is 5.52. The van der Waals surface area contributed by atoms with E-state index in [1.54, 1.807) is 0 Å². The molecule has 0 aliphatic heterocycles. The maximum atomic E-state index is 6.28. The third kappa shape index (κ3) is 3.85. The third-order valence-corrected chi connectivity index (χ3v) is 4.24. The number of halogens is 2. The molecule has 1 saturated carbocycles. The lowest BCUT2D eigenvalue weighted by Gasteiger charge is -2.38. The summed E-state index contributed by atoms with van der Waals surface area (Å²) in [6.07, 6.45) is 3.63. The molecule has 0 saturated heterocycles. The first-order valence-corrected chi connectivity index (χ1v) is 7.72. The normalized spacial score (nSPS) is 24.0. The van der Waals surface area contributed by atoms with Gasteiger partial charge in [0.25, 0.3) is 0 Å². The molecule has 1 aliphatic rings. The van der Waals surface area contributed by atoms with E-state index in [0.29, 0.717) is 17.2 Å². The number of benzene rings is 1. The van der Waals surface area contributed by atoms with E-state index in [0.717, 1.165) is 36.5 Å². The molecule has 19 heavy (non-hydrogen) atoms. The summed E-state index contributed by atoms with van der Waals surface area (Å²) in [5.74, 6) is 0. The highest BCUT2D eigenvalue weighted by Crippen LogP contribution is 2.31. The standard InChI is InChI=1S/C15H21Cl2NO/c1-3-15(13-6-5-10(16)7-14(13)17)18-11-8-12(9-11)19-4-2/h5-7,11-12,15,18H,3-4,8-9H2,1-2H3. The quantitative estimate of drug-likeness (QED) is 0.829. The number of rotatable bonds is 6. The number of nitrogens with one attached hydrogen (secondary N) is 1. The van der Waals surface area contributed by atoms with E-state index in [1.165, 1.54) is 0 Å². The van der Waals surface area contributed by atoms with Gasteiger partial charge in [0.05, 0.1) is 6.10 Å². The fourth-order valence-electron chi connectivity index (χ4n) is 2.57. The molecule has 4 heteroatoms. The Morgan fingerprint density at radius 2 is 2.05 bits per heavy atom. The Balaban J connectivity index is 1.94. The lowest BCUT2D eigenvalue weighted by atomic mass is 9.87. The van der Waals surface area contributed by atoms with E-state index >= 15 is 0 Å². The fraction of sp³-hybridized carbons (Fsp3) is 0.600. The molecule has 0 amide bonds. The van der Waals surface area contributed by atoms with E-state index in [-0.39, 0.29) is 6.04 Å². The van der Waals surface area contributed by atoms with Crippen molar-refractivity contribution < 1.29 is 4.74 Å². The Morgan fingerprint density at radius 3 is 2.63 bits per heavy atom. The highest BCUT2D eigenvalue weighted by molar-refractivity contribution is 6.35. The van der Waals surface area contributed by atoms with Crippen LogP contribution in [0.4, 0.5) is 0 Å². The van der Waals surface area contributed by atoms with Gasteiger partial charge >= 0.3 is 0 Å². The summed E-state index contributed by atoms with van der Waals surface area (Å²) in [6.45, 7) is 5.02. The Morgan fingerprint density at radius 1 is 1.32 bits per heavy atom. The van der Waals surface area contributed by atoms with Crippen LogP contribution in [0.2, 0.25) is 10.0 Å². The maximum absolute atomic E-state index is 6.28. The Labute approximate surface area is 125 Å². The minimum Gasteiger partial charge on any atom is -0.378 e. The molecule has 0 aromatic heterocycles. The van der Waals surface area contributed by atoms with Crippen LogP contribution in [0.1, 0.15) is 44.7 Å². The van der Waals surface area contributed by atoms with Gasteiger partial charge in [-0.1, -0.05) is 36.2 Å². The van der Waals surface area contributed by atoms with Crippen LogP contribution < -0.4 is 5.32 Å². The van der Waals surface area contributed by atoms with Crippen LogP contribution in [-0.2, 0) is 4.74 Å². The van der Waals surface area contributed by atoms with Gasteiger partial charge in [0.1, 0.15) is 0 Å². The van der Waals surface area contributed by atoms with Crippen molar-refractivity contribution in [3.63, 3.8) is 0 Å². The zero-order valence-corrected chi connectivity index (χ0v) is 13.0. The van der Waals surface area contributed by atoms with Crippen molar-refractivity contribution in [3.8, 4) is 0 Å². The molecule has 1 unspecified atom stereocenters. The first kappa shape index (κ1) is 15.1. The molecule has 2 rings (SSSR count). The van der Waals surface area contributed by atoms with Crippen molar-refractivity contribution in [1.29, 1.82) is 0 Å². The summed E-state index contributed by atoms with van der Waals surface area (Å²) >= 11 is 12.2. The second-order valence-corrected chi connectivity index (χ2v) is 5.88. The van der Waals surface area contributed by atoms with Crippen molar-refractivity contribution in [2.75, 3.05) is 6.61 Å². The molecule has 0 spiro atoms. The summed E-state index contributed by atoms with van der Waals surface area (Å²) in [6, 6.07) is 6.55. The molecule has 106 valence electrons. The molecule has 0 heterocycles. The van der Waals surface area contributed by atoms with Crippen molar-refractivity contribution in [2.24, 2.45) is 0 Å². The molecule has 1 atom stereocenters. The van der Waals surface area contributed by atoms with Crippen LogP contribution >= 0.6 is 23.2 Å². The maximum Gasteiger partial charge on any atom is 0.0604 e. The highest BCUT2D eigenvalue weighted by atomic mass is 35.5. The summed E-state index contributed by atoms with van der Waals surface area (Å²) in [4.78, 5) is 0. The predicted octanol–water partition coefficient (Wildman–Crippen LogP) is 4.60. The lowest BCUT2D eigenvalue weighted by molar-refractivity contribution is -0.0126. The van der Waals surface area contributed by atoms with E-state index in [1.807, 2.05) is 25.1 Å². The second kappa shape index (κ2) is 6.94. The number of hydrogen-bond acceptors (Lipinski definition) is 2. The Bertz CT molecular complexity index is 419. The molecule has 1 aromatic rings. The smallest absolute Gasteiger partial charge is 0.0604 e. The molecule has 1 aromatic carbocycles. The summed E-state index contributed by atoms with van der Waals surface area (Å²) in [5.41, 5.74) is 1.13. The Hall–Kier alpha value is -0.280. The summed E-state index contributed by atoms with van der Waals surface area (Å²) in [5, 5.41) is 5.09. The van der Waals surface area contributed by atoms with Gasteiger partial charge in [-0.25, -0.2) is 0 Å². The average Bonchev–Trinajstić information content (AvgIpc) is 2.33. The number of ether oxygens (including phenoxy) is 1. The summed E-state index contributed by atoms with van der Waals surface area (Å²) < 4.78 is 5.58. The molecule has 0 radical (unpaired) electrons. The van der Waals surface area contributed by atoms with Crippen molar-refractivity contribution in [3.05, 3.63) is 33.8 Å². The average molecular weight is 302 g/mol. The molecular formula is C15H21Cl2NO. The van der Waals surface area contributed by atoms with E-state index in [9.17, 15) is 0 Å². The predicted molar refractivity (Wildman–Crippen MR) is 81.1 cm³/mol. The molecule has 1 fully saturated rings. The first-order chi connectivity index (χ1) is 9.13. The van der Waals surface area contributed by atoms with E-state index in [2.05, 4.69) is 12.2 Å². The van der Waals surface area contributed by atoms with Crippen LogP contribution in [0, 0.1) is 0 Å². The van der Waals surface area contributed by atoms with E-state index in [4.69, 9.17) is 27.9 Å². The largest absolute Gasteiger partial charge is 0.378 e. The lowest BCUT2D eigenvalue weighted by Crippen LogP contribution is -2.46. The van der Waals surface area contributed by atoms with Crippen molar-refractivity contribution in [1.82, 2.24) is 5.32 Å². The molecule has 0 bridgehead atoms. The van der Waals surface area contributed by atoms with E-state index < -0.39 is 0 Å². The van der Waals surface area contributed by atoms with Crippen LogP contribution in [0.3, 0.4) is 0 Å². The third-order valence-electron chi connectivity index (χ3n) is 3.68. The fourth-order valence-corrected chi connectivity index (χ4v) is 3.11. The SMILES string of the molecule is CCOC1CC(NC(CC)c2ccc(Cl)cc2Cl)C1. The topological polar surface area (TPSA) is 21.3 Å². The van der Waals surface area contributed by atoms with Crippen LogP contribution in [0.15, 0.2) is 18.2 Å². The van der Waals surface area contributed by atoms with Crippen molar-refractivity contribution in [2.45, 2.75) is 51.3 Å². The summed E-state index contributed by atoms with van der Waals surface area (Å²) in [7, 11) is 0. The van der Waals surface area contributed by atoms with Gasteiger partial charge in [-0.3, -0.25) is 0 Å². The van der Waals surface area contributed by atoms with Crippen LogP contribution in [0.25, 0.3) is 0 Å². The van der Waals surface area contributed by atoms with Gasteiger partial charge in [-0.05, 0) is 43.9 Å². The zero-order chi connectivity index (χ0) is 13.8. The van der Waals surface area contributed by atoms with Gasteiger partial charge < -0.3 is 10.1 Å². The van der Waals surface area contributed by atoms with Gasteiger partial charge in [0.2, 0.25) is 0 Å². The first-order valence-electron chi connectivity index (χ1n) is 6.96. The minimum atomic E-state index is 0.289. The molecule has 1 aliphatic carbocycles. The van der Waals surface area contributed by atoms with Crippen molar-refractivity contribution >= 4 is 23.2 Å². The minimum absolute atomic E-state index is 0.289. The van der Waals surface area contributed by atoms with Gasteiger partial charge in [0.15, 0.2) is 0 Å². The van der Waals surface area contributed by atoms with Gasteiger partial charge in [0, 0.05) is 28.7 Å². The number of hydrogen-bond donors (Lipinski definition) is 1. The van der Waals surface area contributed by atoms with Crippen LogP contribution in [0.5, 0.6) is 0 Å². The molecule has 2 nitrogen and oxygen atoms in total. The van der Waals surface area contributed by atoms with Gasteiger partial charge in [-0.2, -0.15) is 0 Å². The zero-order valence-electron chi connectivity index (χ0n) is 11.5. The monoisotopic (exact) mass is 301 g/mol. The highest BCUT2D eigenvalue weighted by Gasteiger charge is 2.31. The van der Waals surface area contributed by atoms with Gasteiger partial charge in [-0.15, -0.1) is 0 Å².